The number of thiazole rings is 1. The Balaban J connectivity index is 1.29. The molecule has 0 unspecified atom stereocenters. The zero-order chi connectivity index (χ0) is 24.0. The van der Waals surface area contributed by atoms with Gasteiger partial charge < -0.3 is 4.90 Å². The third-order valence-electron chi connectivity index (χ3n) is 6.17. The van der Waals surface area contributed by atoms with Crippen molar-refractivity contribution in [3.63, 3.8) is 0 Å². The van der Waals surface area contributed by atoms with E-state index in [1.54, 1.807) is 28.1 Å². The second-order valence-corrected chi connectivity index (χ2v) is 9.67. The standard InChI is InChI=1S/C23H21ClN6O3S/c1-13-9-21-25-11-17(14(2)29(21)27-13)23(31)28-7-5-15(6-8-28)22-26-19(12-34-22)16-3-4-18(24)20(10-16)30(32)33/h3-4,9-12,15H,5-8H2,1-2H3. The van der Waals surface area contributed by atoms with Crippen molar-refractivity contribution in [2.24, 2.45) is 0 Å². The van der Waals surface area contributed by atoms with Crippen molar-refractivity contribution in [2.75, 3.05) is 13.1 Å². The average Bonchev–Trinajstić information content (AvgIpc) is 3.46. The molecule has 174 valence electrons. The highest BCUT2D eigenvalue weighted by Crippen LogP contribution is 2.35. The molecule has 1 fully saturated rings. The van der Waals surface area contributed by atoms with E-state index in [2.05, 4.69) is 10.1 Å². The van der Waals surface area contributed by atoms with Crippen molar-refractivity contribution in [3.05, 3.63) is 72.9 Å². The highest BCUT2D eigenvalue weighted by molar-refractivity contribution is 7.10. The highest BCUT2D eigenvalue weighted by Gasteiger charge is 2.28. The van der Waals surface area contributed by atoms with Crippen LogP contribution in [0.15, 0.2) is 35.8 Å². The van der Waals surface area contributed by atoms with Crippen LogP contribution in [0.3, 0.4) is 0 Å². The molecule has 11 heteroatoms. The number of nitro groups is 1. The van der Waals surface area contributed by atoms with Crippen molar-refractivity contribution in [1.29, 1.82) is 0 Å². The number of benzene rings is 1. The first-order valence-electron chi connectivity index (χ1n) is 10.8. The Morgan fingerprint density at radius 3 is 2.74 bits per heavy atom. The van der Waals surface area contributed by atoms with Crippen molar-refractivity contribution in [1.82, 2.24) is 24.5 Å². The first kappa shape index (κ1) is 22.4. The maximum Gasteiger partial charge on any atom is 0.288 e. The number of hydrogen-bond donors (Lipinski definition) is 0. The molecule has 0 bridgehead atoms. The second kappa shape index (κ2) is 8.77. The van der Waals surface area contributed by atoms with Gasteiger partial charge in [-0.1, -0.05) is 17.7 Å². The lowest BCUT2D eigenvalue weighted by Gasteiger charge is -2.31. The maximum atomic E-state index is 13.2. The van der Waals surface area contributed by atoms with Crippen LogP contribution in [0.2, 0.25) is 5.02 Å². The second-order valence-electron chi connectivity index (χ2n) is 8.37. The summed E-state index contributed by atoms with van der Waals surface area (Å²) in [4.78, 5) is 34.9. The first-order chi connectivity index (χ1) is 16.3. The molecule has 9 nitrogen and oxygen atoms in total. The van der Waals surface area contributed by atoms with E-state index in [0.29, 0.717) is 29.9 Å². The van der Waals surface area contributed by atoms with Gasteiger partial charge in [0.05, 0.1) is 32.6 Å². The van der Waals surface area contributed by atoms with Gasteiger partial charge in [-0.15, -0.1) is 11.3 Å². The summed E-state index contributed by atoms with van der Waals surface area (Å²) in [5.74, 6) is 0.201. The van der Waals surface area contributed by atoms with Gasteiger partial charge in [0.15, 0.2) is 5.65 Å². The molecule has 0 atom stereocenters. The molecule has 0 saturated carbocycles. The van der Waals surface area contributed by atoms with Gasteiger partial charge >= 0.3 is 0 Å². The van der Waals surface area contributed by atoms with E-state index in [9.17, 15) is 14.9 Å². The lowest BCUT2D eigenvalue weighted by Crippen LogP contribution is -2.38. The number of fused-ring (bicyclic) bond motifs is 1. The highest BCUT2D eigenvalue weighted by atomic mass is 35.5. The van der Waals surface area contributed by atoms with E-state index in [1.165, 1.54) is 12.1 Å². The summed E-state index contributed by atoms with van der Waals surface area (Å²) < 4.78 is 1.72. The number of amides is 1. The van der Waals surface area contributed by atoms with Gasteiger partial charge in [0.1, 0.15) is 5.02 Å². The van der Waals surface area contributed by atoms with Crippen LogP contribution in [0.5, 0.6) is 0 Å². The molecule has 1 aliphatic rings. The van der Waals surface area contributed by atoms with E-state index in [-0.39, 0.29) is 22.5 Å². The third-order valence-corrected chi connectivity index (χ3v) is 7.50. The monoisotopic (exact) mass is 496 g/mol. The fourth-order valence-corrected chi connectivity index (χ4v) is 5.48. The third kappa shape index (κ3) is 4.03. The summed E-state index contributed by atoms with van der Waals surface area (Å²) in [5.41, 5.74) is 4.17. The van der Waals surface area contributed by atoms with Gasteiger partial charge in [0.25, 0.3) is 11.6 Å². The number of hydrogen-bond acceptors (Lipinski definition) is 7. The minimum Gasteiger partial charge on any atom is -0.338 e. The zero-order valence-electron chi connectivity index (χ0n) is 18.6. The molecule has 0 N–H and O–H groups in total. The molecule has 0 aliphatic carbocycles. The van der Waals surface area contributed by atoms with Gasteiger partial charge in [0.2, 0.25) is 0 Å². The SMILES string of the molecule is Cc1cc2ncc(C(=O)N3CCC(c4nc(-c5ccc(Cl)c([N+](=O)[O-])c5)cs4)CC3)c(C)n2n1. The normalized spacial score (nSPS) is 14.6. The average molecular weight is 497 g/mol. The predicted octanol–water partition coefficient (Wildman–Crippen LogP) is 5.05. The van der Waals surface area contributed by atoms with E-state index in [1.807, 2.05) is 30.2 Å². The number of piperidine rings is 1. The maximum absolute atomic E-state index is 13.2. The first-order valence-corrected chi connectivity index (χ1v) is 12.1. The van der Waals surface area contributed by atoms with Crippen LogP contribution in [0.4, 0.5) is 5.69 Å². The molecule has 4 aromatic rings. The molecule has 5 rings (SSSR count). The summed E-state index contributed by atoms with van der Waals surface area (Å²) in [7, 11) is 0. The molecule has 0 spiro atoms. The van der Waals surface area contributed by atoms with Crippen molar-refractivity contribution in [2.45, 2.75) is 32.6 Å². The Hall–Kier alpha value is -3.37. The van der Waals surface area contributed by atoms with Crippen LogP contribution in [0.25, 0.3) is 16.9 Å². The Kier molecular flexibility index (Phi) is 5.78. The molecule has 1 amide bonds. The summed E-state index contributed by atoms with van der Waals surface area (Å²) in [6, 6.07) is 6.61. The molecular weight excluding hydrogens is 476 g/mol. The number of carbonyl (C=O) groups excluding carboxylic acids is 1. The Morgan fingerprint density at radius 2 is 2.00 bits per heavy atom. The molecule has 0 radical (unpaired) electrons. The minimum absolute atomic E-state index is 0.0354. The fourth-order valence-electron chi connectivity index (χ4n) is 4.29. The number of carbonyl (C=O) groups is 1. The minimum atomic E-state index is -0.492. The molecule has 34 heavy (non-hydrogen) atoms. The van der Waals surface area contributed by atoms with Gasteiger partial charge in [-0.3, -0.25) is 14.9 Å². The van der Waals surface area contributed by atoms with Gasteiger partial charge in [-0.25, -0.2) is 14.5 Å². The van der Waals surface area contributed by atoms with Crippen LogP contribution < -0.4 is 0 Å². The summed E-state index contributed by atoms with van der Waals surface area (Å²) in [5, 5.41) is 18.6. The number of rotatable bonds is 4. The number of nitrogens with zero attached hydrogens (tertiary/aromatic N) is 6. The molecule has 4 heterocycles. The van der Waals surface area contributed by atoms with Crippen LogP contribution in [0.1, 0.15) is 45.5 Å². The predicted molar refractivity (Wildman–Crippen MR) is 130 cm³/mol. The largest absolute Gasteiger partial charge is 0.338 e. The lowest BCUT2D eigenvalue weighted by atomic mass is 9.97. The summed E-state index contributed by atoms with van der Waals surface area (Å²) in [6.45, 7) is 5.04. The fraction of sp³-hybridized carbons (Fsp3) is 0.304. The quantitative estimate of drug-likeness (QED) is 0.289. The zero-order valence-corrected chi connectivity index (χ0v) is 20.1. The van der Waals surface area contributed by atoms with Crippen LogP contribution >= 0.6 is 22.9 Å². The number of nitro benzene ring substituents is 1. The number of aromatic nitrogens is 4. The summed E-state index contributed by atoms with van der Waals surface area (Å²) in [6.07, 6.45) is 3.24. The number of aryl methyl sites for hydroxylation is 2. The molecule has 3 aromatic heterocycles. The summed E-state index contributed by atoms with van der Waals surface area (Å²) >= 11 is 7.47. The van der Waals surface area contributed by atoms with Crippen molar-refractivity contribution >= 4 is 40.2 Å². The van der Waals surface area contributed by atoms with E-state index in [4.69, 9.17) is 16.6 Å². The van der Waals surface area contributed by atoms with E-state index in [0.717, 1.165) is 34.9 Å². The Morgan fingerprint density at radius 1 is 1.24 bits per heavy atom. The van der Waals surface area contributed by atoms with E-state index >= 15 is 0 Å². The van der Waals surface area contributed by atoms with E-state index < -0.39 is 4.92 Å². The smallest absolute Gasteiger partial charge is 0.288 e. The van der Waals surface area contributed by atoms with Crippen molar-refractivity contribution in [3.8, 4) is 11.3 Å². The van der Waals surface area contributed by atoms with Gasteiger partial charge in [-0.05, 0) is 32.8 Å². The van der Waals surface area contributed by atoms with Crippen molar-refractivity contribution < 1.29 is 9.72 Å². The Labute approximate surface area is 204 Å². The number of halogens is 1. The Bertz CT molecular complexity index is 1420. The topological polar surface area (TPSA) is 107 Å². The lowest BCUT2D eigenvalue weighted by molar-refractivity contribution is -0.384. The van der Waals surface area contributed by atoms with Crippen LogP contribution in [0, 0.1) is 24.0 Å². The van der Waals surface area contributed by atoms with Crippen LogP contribution in [-0.4, -0.2) is 48.4 Å². The molecular formula is C23H21ClN6O3S. The van der Waals surface area contributed by atoms with Gasteiger partial charge in [0, 0.05) is 48.3 Å². The molecule has 1 aliphatic heterocycles. The number of likely N-dealkylation sites (tertiary alicyclic amines) is 1. The molecule has 1 saturated heterocycles. The van der Waals surface area contributed by atoms with Gasteiger partial charge in [-0.2, -0.15) is 5.10 Å². The van der Waals surface area contributed by atoms with Crippen LogP contribution in [-0.2, 0) is 0 Å². The molecule has 1 aromatic carbocycles.